The first-order chi connectivity index (χ1) is 11.1. The number of nitrogens with two attached hydrogens (primary N) is 1. The van der Waals surface area contributed by atoms with E-state index in [1.807, 2.05) is 13.8 Å². The summed E-state index contributed by atoms with van der Waals surface area (Å²) in [5.41, 5.74) is 5.81. The molecule has 9 heteroatoms. The number of hydrogen-bond donors (Lipinski definition) is 3. The van der Waals surface area contributed by atoms with Gasteiger partial charge in [0.15, 0.2) is 16.9 Å². The average Bonchev–Trinajstić information content (AvgIpc) is 2.97. The van der Waals surface area contributed by atoms with Crippen LogP contribution in [0.3, 0.4) is 0 Å². The third kappa shape index (κ3) is 5.20. The first-order valence-electron chi connectivity index (χ1n) is 7.57. The maximum atomic E-state index is 5.81. The normalized spacial score (nSPS) is 13.1. The van der Waals surface area contributed by atoms with E-state index in [1.165, 1.54) is 11.8 Å². The quantitative estimate of drug-likeness (QED) is 0.308. The van der Waals surface area contributed by atoms with Crippen LogP contribution >= 0.6 is 11.8 Å². The number of thioether (sulfide) groups is 1. The summed E-state index contributed by atoms with van der Waals surface area (Å²) in [6, 6.07) is 1.76. The zero-order valence-electron chi connectivity index (χ0n) is 13.6. The SMILES string of the molecule is CCCN=C(N)Nc1ccnc(SC(CC)c2n[nH]c(C)n2)n1. The number of guanidine groups is 1. The monoisotopic (exact) mass is 334 g/mol. The second-order valence-corrected chi connectivity index (χ2v) is 6.08. The van der Waals surface area contributed by atoms with Crippen molar-refractivity contribution >= 4 is 23.5 Å². The molecule has 0 amide bonds. The first-order valence-corrected chi connectivity index (χ1v) is 8.45. The summed E-state index contributed by atoms with van der Waals surface area (Å²) in [4.78, 5) is 17.3. The minimum absolute atomic E-state index is 0.0984. The Morgan fingerprint density at radius 3 is 2.91 bits per heavy atom. The van der Waals surface area contributed by atoms with E-state index in [-0.39, 0.29) is 5.25 Å². The molecule has 0 spiro atoms. The summed E-state index contributed by atoms with van der Waals surface area (Å²) in [5.74, 6) is 2.55. The van der Waals surface area contributed by atoms with Crippen molar-refractivity contribution in [2.24, 2.45) is 10.7 Å². The summed E-state index contributed by atoms with van der Waals surface area (Å²) in [6.07, 6.45) is 3.52. The number of nitrogens with zero attached hydrogens (tertiary/aromatic N) is 5. The fourth-order valence-electron chi connectivity index (χ4n) is 1.82. The van der Waals surface area contributed by atoms with Crippen molar-refractivity contribution in [1.82, 2.24) is 25.1 Å². The molecule has 2 rings (SSSR count). The molecule has 2 heterocycles. The summed E-state index contributed by atoms with van der Waals surface area (Å²) in [5, 5.41) is 10.8. The van der Waals surface area contributed by atoms with Crippen LogP contribution in [-0.2, 0) is 0 Å². The zero-order chi connectivity index (χ0) is 16.7. The van der Waals surface area contributed by atoms with E-state index in [1.54, 1.807) is 12.3 Å². The van der Waals surface area contributed by atoms with Crippen LogP contribution in [0.15, 0.2) is 22.4 Å². The second-order valence-electron chi connectivity index (χ2n) is 4.91. The fourth-order valence-corrected chi connectivity index (χ4v) is 2.72. The highest BCUT2D eigenvalue weighted by Crippen LogP contribution is 2.34. The molecule has 23 heavy (non-hydrogen) atoms. The highest BCUT2D eigenvalue weighted by Gasteiger charge is 2.17. The number of H-pyrrole nitrogens is 1. The number of aryl methyl sites for hydroxylation is 1. The molecular formula is C14H22N8S. The molecule has 2 aromatic rings. The van der Waals surface area contributed by atoms with Gasteiger partial charge in [0.25, 0.3) is 0 Å². The van der Waals surface area contributed by atoms with Crippen molar-refractivity contribution in [3.63, 3.8) is 0 Å². The molecule has 4 N–H and O–H groups in total. The molecule has 0 saturated heterocycles. The first kappa shape index (κ1) is 17.2. The molecule has 0 aliphatic carbocycles. The van der Waals surface area contributed by atoms with Crippen LogP contribution < -0.4 is 11.1 Å². The lowest BCUT2D eigenvalue weighted by Gasteiger charge is -2.10. The third-order valence-corrected chi connectivity index (χ3v) is 4.15. The van der Waals surface area contributed by atoms with Gasteiger partial charge in [-0.25, -0.2) is 15.0 Å². The Morgan fingerprint density at radius 2 is 2.26 bits per heavy atom. The lowest BCUT2D eigenvalue weighted by molar-refractivity contribution is 0.811. The van der Waals surface area contributed by atoms with Crippen LogP contribution in [0.5, 0.6) is 0 Å². The number of aromatic nitrogens is 5. The van der Waals surface area contributed by atoms with Crippen molar-refractivity contribution in [2.75, 3.05) is 11.9 Å². The molecule has 0 aromatic carbocycles. The molecule has 0 aliphatic heterocycles. The summed E-state index contributed by atoms with van der Waals surface area (Å²) < 4.78 is 0. The van der Waals surface area contributed by atoms with Crippen LogP contribution in [-0.4, -0.2) is 37.7 Å². The van der Waals surface area contributed by atoms with E-state index in [0.29, 0.717) is 23.5 Å². The van der Waals surface area contributed by atoms with Gasteiger partial charge in [-0.05, 0) is 25.8 Å². The van der Waals surface area contributed by atoms with Crippen LogP contribution in [0.25, 0.3) is 0 Å². The summed E-state index contributed by atoms with van der Waals surface area (Å²) in [7, 11) is 0. The molecule has 0 aliphatic rings. The van der Waals surface area contributed by atoms with Gasteiger partial charge in [0.2, 0.25) is 0 Å². The Morgan fingerprint density at radius 1 is 1.43 bits per heavy atom. The third-order valence-electron chi connectivity index (χ3n) is 2.92. The Bertz CT molecular complexity index is 654. The van der Waals surface area contributed by atoms with Crippen molar-refractivity contribution in [3.05, 3.63) is 23.9 Å². The Balaban J connectivity index is 2.06. The van der Waals surface area contributed by atoms with Crippen LogP contribution in [0.1, 0.15) is 43.6 Å². The maximum absolute atomic E-state index is 5.81. The Kier molecular flexibility index (Phi) is 6.33. The molecule has 1 atom stereocenters. The molecule has 2 aromatic heterocycles. The number of aromatic amines is 1. The smallest absolute Gasteiger partial charge is 0.194 e. The molecule has 8 nitrogen and oxygen atoms in total. The fraction of sp³-hybridized carbons (Fsp3) is 0.500. The van der Waals surface area contributed by atoms with Gasteiger partial charge in [-0.15, -0.1) is 0 Å². The van der Waals surface area contributed by atoms with E-state index in [2.05, 4.69) is 42.4 Å². The standard InChI is InChI=1S/C14H22N8S/c1-4-7-16-13(15)19-11-6-8-17-14(20-11)23-10(5-2)12-18-9(3)21-22-12/h6,8,10H,4-5,7H2,1-3H3,(H,18,21,22)(H3,15,16,17,19,20). The van der Waals surface area contributed by atoms with Crippen molar-refractivity contribution in [3.8, 4) is 0 Å². The molecule has 0 fully saturated rings. The zero-order valence-corrected chi connectivity index (χ0v) is 14.4. The minimum Gasteiger partial charge on any atom is -0.370 e. The number of aliphatic imine (C=N–C) groups is 1. The predicted molar refractivity (Wildman–Crippen MR) is 92.4 cm³/mol. The lowest BCUT2D eigenvalue weighted by Crippen LogP contribution is -2.23. The Labute approximate surface area is 139 Å². The summed E-state index contributed by atoms with van der Waals surface area (Å²) >= 11 is 1.53. The number of nitrogens with one attached hydrogen (secondary N) is 2. The molecule has 0 saturated carbocycles. The van der Waals surface area contributed by atoms with Gasteiger partial charge in [0.05, 0.1) is 5.25 Å². The second kappa shape index (κ2) is 8.47. The van der Waals surface area contributed by atoms with E-state index >= 15 is 0 Å². The van der Waals surface area contributed by atoms with E-state index < -0.39 is 0 Å². The van der Waals surface area contributed by atoms with Gasteiger partial charge in [0, 0.05) is 12.7 Å². The van der Waals surface area contributed by atoms with Gasteiger partial charge < -0.3 is 11.1 Å². The van der Waals surface area contributed by atoms with Crippen molar-refractivity contribution in [2.45, 2.75) is 44.0 Å². The van der Waals surface area contributed by atoms with E-state index in [4.69, 9.17) is 5.73 Å². The summed E-state index contributed by atoms with van der Waals surface area (Å²) in [6.45, 7) is 6.70. The van der Waals surface area contributed by atoms with Crippen LogP contribution in [0.2, 0.25) is 0 Å². The Hall–Kier alpha value is -2.16. The highest BCUT2D eigenvalue weighted by molar-refractivity contribution is 7.99. The van der Waals surface area contributed by atoms with Gasteiger partial charge in [-0.3, -0.25) is 10.1 Å². The predicted octanol–water partition coefficient (Wildman–Crippen LogP) is 2.28. The number of rotatable bonds is 7. The van der Waals surface area contributed by atoms with Crippen molar-refractivity contribution in [1.29, 1.82) is 0 Å². The van der Waals surface area contributed by atoms with Gasteiger partial charge in [-0.1, -0.05) is 25.6 Å². The van der Waals surface area contributed by atoms with E-state index in [0.717, 1.165) is 24.5 Å². The lowest BCUT2D eigenvalue weighted by atomic mass is 10.3. The van der Waals surface area contributed by atoms with Crippen LogP contribution in [0, 0.1) is 6.92 Å². The van der Waals surface area contributed by atoms with Gasteiger partial charge in [0.1, 0.15) is 11.6 Å². The van der Waals surface area contributed by atoms with Crippen LogP contribution in [0.4, 0.5) is 5.82 Å². The molecular weight excluding hydrogens is 312 g/mol. The number of anilines is 1. The highest BCUT2D eigenvalue weighted by atomic mass is 32.2. The largest absolute Gasteiger partial charge is 0.370 e. The van der Waals surface area contributed by atoms with E-state index in [9.17, 15) is 0 Å². The average molecular weight is 334 g/mol. The number of hydrogen-bond acceptors (Lipinski definition) is 6. The molecule has 0 bridgehead atoms. The van der Waals surface area contributed by atoms with Crippen molar-refractivity contribution < 1.29 is 0 Å². The minimum atomic E-state index is 0.0984. The molecule has 1 unspecified atom stereocenters. The van der Waals surface area contributed by atoms with Gasteiger partial charge >= 0.3 is 0 Å². The van der Waals surface area contributed by atoms with Gasteiger partial charge in [-0.2, -0.15) is 5.10 Å². The molecule has 124 valence electrons. The molecule has 0 radical (unpaired) electrons. The topological polar surface area (TPSA) is 118 Å². The maximum Gasteiger partial charge on any atom is 0.194 e.